The summed E-state index contributed by atoms with van der Waals surface area (Å²) >= 11 is 0. The molecular weight excluding hydrogens is 276 g/mol. The van der Waals surface area contributed by atoms with Gasteiger partial charge >= 0.3 is 0 Å². The van der Waals surface area contributed by atoms with Gasteiger partial charge in [-0.2, -0.15) is 10.2 Å². The van der Waals surface area contributed by atoms with Gasteiger partial charge in [0.15, 0.2) is 5.69 Å². The Kier molecular flexibility index (Phi) is 3.11. The van der Waals surface area contributed by atoms with E-state index in [9.17, 15) is 8.42 Å². The highest BCUT2D eigenvalue weighted by atomic mass is 35.7. The van der Waals surface area contributed by atoms with Crippen LogP contribution in [-0.2, 0) is 9.05 Å². The van der Waals surface area contributed by atoms with Gasteiger partial charge in [0.05, 0.1) is 0 Å². The molecular formula is C11H7ClN2O3S. The van der Waals surface area contributed by atoms with Crippen LogP contribution in [0.1, 0.15) is 11.3 Å². The molecule has 5 nitrogen and oxygen atoms in total. The van der Waals surface area contributed by atoms with Crippen molar-refractivity contribution in [3.05, 3.63) is 35.5 Å². The maximum Gasteiger partial charge on any atom is 0.297 e. The number of nitriles is 1. The first-order chi connectivity index (χ1) is 8.41. The van der Waals surface area contributed by atoms with E-state index < -0.39 is 14.1 Å². The molecule has 0 saturated carbocycles. The van der Waals surface area contributed by atoms with Gasteiger partial charge in [-0.15, -0.1) is 0 Å². The van der Waals surface area contributed by atoms with Crippen LogP contribution in [0.4, 0.5) is 0 Å². The zero-order valence-corrected chi connectivity index (χ0v) is 10.8. The second kappa shape index (κ2) is 4.44. The molecule has 92 valence electrons. The fraction of sp³-hybridized carbons (Fsp3) is 0.0909. The van der Waals surface area contributed by atoms with Crippen molar-refractivity contribution in [3.8, 4) is 17.5 Å². The van der Waals surface area contributed by atoms with E-state index in [2.05, 4.69) is 4.98 Å². The van der Waals surface area contributed by atoms with Crippen molar-refractivity contribution in [2.75, 3.05) is 0 Å². The Balaban J connectivity index is 2.59. The fourth-order valence-electron chi connectivity index (χ4n) is 1.36. The Morgan fingerprint density at radius 1 is 1.33 bits per heavy atom. The van der Waals surface area contributed by atoms with E-state index in [1.807, 2.05) is 19.1 Å². The number of oxazole rings is 1. The van der Waals surface area contributed by atoms with Gasteiger partial charge in [0.1, 0.15) is 6.07 Å². The summed E-state index contributed by atoms with van der Waals surface area (Å²) in [6.07, 6.45) is 0. The van der Waals surface area contributed by atoms with Gasteiger partial charge in [-0.25, -0.2) is 8.42 Å². The van der Waals surface area contributed by atoms with Crippen LogP contribution in [0.25, 0.3) is 11.5 Å². The van der Waals surface area contributed by atoms with Crippen LogP contribution in [-0.4, -0.2) is 13.4 Å². The third-order valence-corrected chi connectivity index (χ3v) is 3.36. The first kappa shape index (κ1) is 12.6. The Morgan fingerprint density at radius 2 is 1.94 bits per heavy atom. The van der Waals surface area contributed by atoms with Crippen molar-refractivity contribution in [2.24, 2.45) is 0 Å². The third kappa shape index (κ3) is 2.37. The Labute approximate surface area is 108 Å². The van der Waals surface area contributed by atoms with Crippen LogP contribution in [0, 0.1) is 18.3 Å². The second-order valence-corrected chi connectivity index (χ2v) is 6.04. The number of nitrogens with zero attached hydrogens (tertiary/aromatic N) is 2. The van der Waals surface area contributed by atoms with Crippen LogP contribution < -0.4 is 0 Å². The van der Waals surface area contributed by atoms with Crippen molar-refractivity contribution in [2.45, 2.75) is 12.0 Å². The molecule has 0 bridgehead atoms. The van der Waals surface area contributed by atoms with Crippen molar-refractivity contribution in [1.29, 1.82) is 5.26 Å². The molecule has 1 heterocycles. The molecule has 0 aliphatic heterocycles. The van der Waals surface area contributed by atoms with Crippen LogP contribution in [0.15, 0.2) is 33.8 Å². The van der Waals surface area contributed by atoms with Crippen molar-refractivity contribution >= 4 is 19.7 Å². The summed E-state index contributed by atoms with van der Waals surface area (Å²) in [6.45, 7) is 1.91. The predicted octanol–water partition coefficient (Wildman–Crippen LogP) is 2.45. The highest BCUT2D eigenvalue weighted by Crippen LogP contribution is 2.27. The standard InChI is InChI=1S/C11H7ClN2O3S/c1-7-2-4-8(5-3-7)10-14-9(6-13)11(17-10)18(12,15)16/h2-5H,1H3. The monoisotopic (exact) mass is 282 g/mol. The predicted molar refractivity (Wildman–Crippen MR) is 64.4 cm³/mol. The Morgan fingerprint density at radius 3 is 2.39 bits per heavy atom. The van der Waals surface area contributed by atoms with E-state index >= 15 is 0 Å². The Bertz CT molecular complexity index is 727. The number of hydrogen-bond acceptors (Lipinski definition) is 5. The van der Waals surface area contributed by atoms with Gasteiger partial charge in [-0.05, 0) is 19.1 Å². The zero-order valence-electron chi connectivity index (χ0n) is 9.21. The first-order valence-corrected chi connectivity index (χ1v) is 7.15. The second-order valence-electron chi connectivity index (χ2n) is 3.57. The lowest BCUT2D eigenvalue weighted by Crippen LogP contribution is -1.90. The molecule has 0 amide bonds. The minimum Gasteiger partial charge on any atom is -0.422 e. The van der Waals surface area contributed by atoms with E-state index in [1.165, 1.54) is 0 Å². The number of rotatable bonds is 2. The van der Waals surface area contributed by atoms with Crippen molar-refractivity contribution < 1.29 is 12.8 Å². The van der Waals surface area contributed by atoms with E-state index in [1.54, 1.807) is 18.2 Å². The number of hydrogen-bond donors (Lipinski definition) is 0. The molecule has 1 aromatic carbocycles. The average Bonchev–Trinajstić information content (AvgIpc) is 2.73. The number of halogens is 1. The van der Waals surface area contributed by atoms with Crippen LogP contribution in [0.3, 0.4) is 0 Å². The summed E-state index contributed by atoms with van der Waals surface area (Å²) in [7, 11) is 1.04. The number of benzene rings is 1. The molecule has 0 atom stereocenters. The average molecular weight is 283 g/mol. The molecule has 0 aliphatic carbocycles. The first-order valence-electron chi connectivity index (χ1n) is 4.84. The number of aromatic nitrogens is 1. The van der Waals surface area contributed by atoms with Gasteiger partial charge in [0.25, 0.3) is 14.1 Å². The molecule has 7 heteroatoms. The van der Waals surface area contributed by atoms with Gasteiger partial charge in [-0.1, -0.05) is 17.7 Å². The lowest BCUT2D eigenvalue weighted by Gasteiger charge is -1.95. The molecule has 2 aromatic rings. The van der Waals surface area contributed by atoms with Crippen LogP contribution in [0.5, 0.6) is 0 Å². The Hall–Kier alpha value is -1.84. The summed E-state index contributed by atoms with van der Waals surface area (Å²) in [5.41, 5.74) is 1.26. The lowest BCUT2D eigenvalue weighted by molar-refractivity contribution is 0.462. The van der Waals surface area contributed by atoms with Gasteiger partial charge < -0.3 is 4.42 Å². The molecule has 2 rings (SSSR count). The maximum absolute atomic E-state index is 11.2. The van der Waals surface area contributed by atoms with Crippen LogP contribution >= 0.6 is 10.7 Å². The summed E-state index contributed by atoms with van der Waals surface area (Å²) in [5.74, 6) is 0.0470. The molecule has 1 aromatic heterocycles. The molecule has 0 unspecified atom stereocenters. The number of aryl methyl sites for hydroxylation is 1. The summed E-state index contributed by atoms with van der Waals surface area (Å²) < 4.78 is 27.4. The molecule has 0 radical (unpaired) electrons. The van der Waals surface area contributed by atoms with E-state index in [-0.39, 0.29) is 11.6 Å². The third-order valence-electron chi connectivity index (χ3n) is 2.22. The van der Waals surface area contributed by atoms with Gasteiger partial charge in [0.2, 0.25) is 5.89 Å². The van der Waals surface area contributed by atoms with E-state index in [0.717, 1.165) is 5.56 Å². The van der Waals surface area contributed by atoms with Gasteiger partial charge in [-0.3, -0.25) is 0 Å². The minimum absolute atomic E-state index is 0.0470. The highest BCUT2D eigenvalue weighted by Gasteiger charge is 2.24. The quantitative estimate of drug-likeness (QED) is 0.790. The van der Waals surface area contributed by atoms with E-state index in [0.29, 0.717) is 5.56 Å². The van der Waals surface area contributed by atoms with Crippen LogP contribution in [0.2, 0.25) is 0 Å². The topological polar surface area (TPSA) is 84.0 Å². The highest BCUT2D eigenvalue weighted by molar-refractivity contribution is 8.13. The zero-order chi connectivity index (χ0) is 13.3. The lowest BCUT2D eigenvalue weighted by atomic mass is 10.1. The van der Waals surface area contributed by atoms with Crippen molar-refractivity contribution in [1.82, 2.24) is 4.98 Å². The molecule has 18 heavy (non-hydrogen) atoms. The summed E-state index contributed by atoms with van der Waals surface area (Å²) in [5, 5.41) is 8.17. The summed E-state index contributed by atoms with van der Waals surface area (Å²) in [6, 6.07) is 8.71. The SMILES string of the molecule is Cc1ccc(-c2nc(C#N)c(S(=O)(=O)Cl)o2)cc1. The minimum atomic E-state index is -4.12. The molecule has 0 aliphatic rings. The van der Waals surface area contributed by atoms with Crippen molar-refractivity contribution in [3.63, 3.8) is 0 Å². The maximum atomic E-state index is 11.2. The smallest absolute Gasteiger partial charge is 0.297 e. The van der Waals surface area contributed by atoms with Gasteiger partial charge in [0, 0.05) is 16.2 Å². The normalized spacial score (nSPS) is 11.2. The molecule has 0 saturated heterocycles. The van der Waals surface area contributed by atoms with E-state index in [4.69, 9.17) is 20.4 Å². The fourth-order valence-corrected chi connectivity index (χ4v) is 2.18. The largest absolute Gasteiger partial charge is 0.422 e. The molecule has 0 N–H and O–H groups in total. The summed E-state index contributed by atoms with van der Waals surface area (Å²) in [4.78, 5) is 3.80. The molecule has 0 fully saturated rings. The molecule has 0 spiro atoms.